The van der Waals surface area contributed by atoms with Crippen molar-refractivity contribution in [1.82, 2.24) is 0 Å². The molecule has 0 amide bonds. The Hall–Kier alpha value is -2.35. The highest BCUT2D eigenvalue weighted by atomic mass is 35.5. The summed E-state index contributed by atoms with van der Waals surface area (Å²) in [4.78, 5) is 49.9. The normalized spacial score (nSPS) is 23.4. The first-order chi connectivity index (χ1) is 16.5. The Morgan fingerprint density at radius 1 is 0.778 bits per heavy atom. The molecule has 1 rings (SSSR count). The number of ether oxygens (including phenoxy) is 5. The summed E-state index contributed by atoms with van der Waals surface area (Å²) in [5, 5.41) is 0. The third-order valence-electron chi connectivity index (χ3n) is 5.22. The molecule has 0 bridgehead atoms. The number of quaternary nitrogens is 1. The van der Waals surface area contributed by atoms with Gasteiger partial charge in [-0.05, 0) is 32.1 Å². The third-order valence-corrected chi connectivity index (χ3v) is 5.22. The molecule has 0 N–H and O–H groups in total. The van der Waals surface area contributed by atoms with Gasteiger partial charge in [-0.2, -0.15) is 0 Å². The molecule has 206 valence electrons. The molecule has 10 nitrogen and oxygen atoms in total. The van der Waals surface area contributed by atoms with Crippen LogP contribution >= 0.6 is 0 Å². The van der Waals surface area contributed by atoms with Crippen LogP contribution in [0.25, 0.3) is 0 Å². The summed E-state index contributed by atoms with van der Waals surface area (Å²) >= 11 is 0. The zero-order valence-corrected chi connectivity index (χ0v) is 22.9. The predicted molar refractivity (Wildman–Crippen MR) is 125 cm³/mol. The molecule has 0 aromatic heterocycles. The number of terminal acetylenes is 1. The lowest BCUT2D eigenvalue weighted by Crippen LogP contribution is -3.00. The molecular weight excluding hydrogens is 494 g/mol. The van der Waals surface area contributed by atoms with E-state index in [1.54, 1.807) is 27.9 Å². The summed E-state index contributed by atoms with van der Waals surface area (Å²) < 4.78 is 28.4. The van der Waals surface area contributed by atoms with Crippen molar-refractivity contribution >= 4 is 23.9 Å². The van der Waals surface area contributed by atoms with Gasteiger partial charge >= 0.3 is 23.9 Å². The largest absolute Gasteiger partial charge is 1.00 e. The summed E-state index contributed by atoms with van der Waals surface area (Å²) in [5.74, 6) is 0.212. The number of carbonyl (C=O) groups excluding carboxylic acids is 4. The minimum Gasteiger partial charge on any atom is -1.00 e. The molecule has 1 fully saturated rings. The zero-order valence-electron chi connectivity index (χ0n) is 22.1. The Kier molecular flexibility index (Phi) is 15.3. The number of rotatable bonds is 13. The molecule has 0 aliphatic carbocycles. The second-order valence-electron chi connectivity index (χ2n) is 9.27. The van der Waals surface area contributed by atoms with Crippen molar-refractivity contribution in [3.05, 3.63) is 0 Å². The number of esters is 4. The van der Waals surface area contributed by atoms with E-state index in [-0.39, 0.29) is 42.7 Å². The smallest absolute Gasteiger partial charge is 0.364 e. The molecule has 0 spiro atoms. The minimum atomic E-state index is -1.37. The standard InChI is InChI=1S/C25H40NO9.ClH/c1-8-12-18(27)32-22-17(5)31-25(35-21(30)16-26(6,7)15-11-4)24(34-20(29)14-10-3)23(22)33-19(28)13-9-2;/h4,17,22-25H,8-10,12-16H2,1-3,5-7H3;1H/q+1;/p-1/t17-,22-,23+,24+,25?;/m0./s1. The van der Waals surface area contributed by atoms with Crippen LogP contribution < -0.4 is 12.4 Å². The molecule has 11 heteroatoms. The Morgan fingerprint density at radius 2 is 1.22 bits per heavy atom. The van der Waals surface area contributed by atoms with E-state index in [1.165, 1.54) is 0 Å². The number of carbonyl (C=O) groups is 4. The fourth-order valence-corrected chi connectivity index (χ4v) is 3.55. The second-order valence-corrected chi connectivity index (χ2v) is 9.27. The van der Waals surface area contributed by atoms with Gasteiger partial charge in [0.2, 0.25) is 12.4 Å². The molecule has 1 unspecified atom stereocenters. The highest BCUT2D eigenvalue weighted by molar-refractivity contribution is 5.72. The second kappa shape index (κ2) is 16.4. The van der Waals surface area contributed by atoms with Crippen LogP contribution in [-0.2, 0) is 42.9 Å². The fraction of sp³-hybridized carbons (Fsp3) is 0.760. The van der Waals surface area contributed by atoms with Gasteiger partial charge < -0.3 is 40.6 Å². The number of halogens is 1. The summed E-state index contributed by atoms with van der Waals surface area (Å²) in [6.45, 7) is 7.27. The zero-order chi connectivity index (χ0) is 26.6. The van der Waals surface area contributed by atoms with Crippen LogP contribution in [-0.4, -0.2) is 86.3 Å². The number of nitrogens with zero attached hydrogens (tertiary/aromatic N) is 1. The number of hydrogen-bond donors (Lipinski definition) is 0. The van der Waals surface area contributed by atoms with E-state index in [1.807, 2.05) is 13.8 Å². The Balaban J connectivity index is 0.0000122. The van der Waals surface area contributed by atoms with Crippen LogP contribution in [0, 0.1) is 12.3 Å². The maximum Gasteiger partial charge on any atom is 0.364 e. The molecule has 1 aliphatic heterocycles. The highest BCUT2D eigenvalue weighted by Crippen LogP contribution is 2.30. The van der Waals surface area contributed by atoms with Crippen molar-refractivity contribution in [3.63, 3.8) is 0 Å². The Labute approximate surface area is 220 Å². The maximum atomic E-state index is 12.7. The predicted octanol–water partition coefficient (Wildman–Crippen LogP) is -0.876. The van der Waals surface area contributed by atoms with Gasteiger partial charge in [0.25, 0.3) is 0 Å². The van der Waals surface area contributed by atoms with Crippen molar-refractivity contribution < 1.29 is 59.8 Å². The van der Waals surface area contributed by atoms with E-state index in [9.17, 15) is 19.2 Å². The van der Waals surface area contributed by atoms with Crippen LogP contribution in [0.3, 0.4) is 0 Å². The lowest BCUT2D eigenvalue weighted by molar-refractivity contribution is -0.875. The SMILES string of the molecule is C#CC[N+](C)(C)CC(=O)OC1O[C@@H](C)[C@H](OC(=O)CCC)[C@@H](OC(=O)CCC)[C@H]1OC(=O)CCC.[Cl-]. The molecular formula is C25H40ClNO9. The third kappa shape index (κ3) is 11.1. The number of likely N-dealkylation sites (N-methyl/N-ethyl adjacent to an activating group) is 1. The van der Waals surface area contributed by atoms with Crippen LogP contribution in [0.15, 0.2) is 0 Å². The van der Waals surface area contributed by atoms with Crippen molar-refractivity contribution in [1.29, 1.82) is 0 Å². The molecule has 1 saturated heterocycles. The van der Waals surface area contributed by atoms with Gasteiger partial charge in [-0.3, -0.25) is 14.4 Å². The van der Waals surface area contributed by atoms with E-state index in [4.69, 9.17) is 30.1 Å². The molecule has 0 radical (unpaired) electrons. The van der Waals surface area contributed by atoms with Gasteiger partial charge in [0.1, 0.15) is 6.54 Å². The molecule has 36 heavy (non-hydrogen) atoms. The summed E-state index contributed by atoms with van der Waals surface area (Å²) in [5.41, 5.74) is 0. The van der Waals surface area contributed by atoms with E-state index in [0.29, 0.717) is 25.8 Å². The van der Waals surface area contributed by atoms with Gasteiger partial charge in [-0.15, -0.1) is 6.42 Å². The minimum absolute atomic E-state index is 0. The highest BCUT2D eigenvalue weighted by Gasteiger charge is 2.52. The molecule has 0 aromatic carbocycles. The van der Waals surface area contributed by atoms with Crippen LogP contribution in [0.1, 0.15) is 66.2 Å². The van der Waals surface area contributed by atoms with E-state index >= 15 is 0 Å². The lowest BCUT2D eigenvalue weighted by Gasteiger charge is -2.43. The Morgan fingerprint density at radius 3 is 1.67 bits per heavy atom. The molecule has 0 aromatic rings. The first-order valence-electron chi connectivity index (χ1n) is 12.2. The van der Waals surface area contributed by atoms with E-state index in [2.05, 4.69) is 5.92 Å². The quantitative estimate of drug-likeness (QED) is 0.129. The van der Waals surface area contributed by atoms with E-state index in [0.717, 1.165) is 0 Å². The molecule has 0 saturated carbocycles. The summed E-state index contributed by atoms with van der Waals surface area (Å²) in [6.07, 6.45) is 1.54. The summed E-state index contributed by atoms with van der Waals surface area (Å²) in [6, 6.07) is 0. The van der Waals surface area contributed by atoms with Gasteiger partial charge in [-0.25, -0.2) is 4.79 Å². The maximum absolute atomic E-state index is 12.7. The van der Waals surface area contributed by atoms with E-state index < -0.39 is 54.6 Å². The fourth-order valence-electron chi connectivity index (χ4n) is 3.55. The molecule has 1 aliphatic rings. The average Bonchev–Trinajstić information content (AvgIpc) is 2.73. The van der Waals surface area contributed by atoms with Crippen molar-refractivity contribution in [2.45, 2.75) is 96.9 Å². The molecule has 5 atom stereocenters. The van der Waals surface area contributed by atoms with Gasteiger partial charge in [-0.1, -0.05) is 20.8 Å². The lowest BCUT2D eigenvalue weighted by atomic mass is 9.98. The number of hydrogen-bond acceptors (Lipinski definition) is 9. The first-order valence-corrected chi connectivity index (χ1v) is 12.2. The van der Waals surface area contributed by atoms with Gasteiger partial charge in [0.15, 0.2) is 18.8 Å². The summed E-state index contributed by atoms with van der Waals surface area (Å²) in [7, 11) is 3.53. The van der Waals surface area contributed by atoms with Crippen LogP contribution in [0.2, 0.25) is 0 Å². The average molecular weight is 534 g/mol. The van der Waals surface area contributed by atoms with Crippen LogP contribution in [0.4, 0.5) is 0 Å². The van der Waals surface area contributed by atoms with Crippen molar-refractivity contribution in [2.24, 2.45) is 0 Å². The Bertz CT molecular complexity index is 780. The molecule has 1 heterocycles. The monoisotopic (exact) mass is 533 g/mol. The first kappa shape index (κ1) is 33.7. The van der Waals surface area contributed by atoms with Crippen molar-refractivity contribution in [3.8, 4) is 12.3 Å². The van der Waals surface area contributed by atoms with Crippen LogP contribution in [0.5, 0.6) is 0 Å². The van der Waals surface area contributed by atoms with Crippen molar-refractivity contribution in [2.75, 3.05) is 27.2 Å². The van der Waals surface area contributed by atoms with Gasteiger partial charge in [0, 0.05) is 19.3 Å². The van der Waals surface area contributed by atoms with Gasteiger partial charge in [0.05, 0.1) is 20.2 Å². The topological polar surface area (TPSA) is 114 Å².